The molecule has 2 N–H and O–H groups in total. The topological polar surface area (TPSA) is 115 Å². The van der Waals surface area contributed by atoms with Gasteiger partial charge in [-0.3, -0.25) is 9.59 Å². The van der Waals surface area contributed by atoms with Crippen molar-refractivity contribution in [1.82, 2.24) is 20.1 Å². The van der Waals surface area contributed by atoms with Crippen LogP contribution in [0.5, 0.6) is 0 Å². The number of anilines is 1. The van der Waals surface area contributed by atoms with Crippen molar-refractivity contribution in [3.63, 3.8) is 0 Å². The number of ether oxygens (including phenoxy) is 1. The molecule has 1 unspecified atom stereocenters. The molecule has 35 heavy (non-hydrogen) atoms. The molecule has 9 nitrogen and oxygen atoms in total. The van der Waals surface area contributed by atoms with Gasteiger partial charge in [-0.15, -0.1) is 16.8 Å². The highest BCUT2D eigenvalue weighted by molar-refractivity contribution is 7.99. The molecule has 0 radical (unpaired) electrons. The number of carbonyl (C=O) groups is 3. The molecule has 182 valence electrons. The molecule has 0 aliphatic heterocycles. The summed E-state index contributed by atoms with van der Waals surface area (Å²) in [4.78, 5) is 36.8. The lowest BCUT2D eigenvalue weighted by molar-refractivity contribution is -0.113. The van der Waals surface area contributed by atoms with Crippen LogP contribution in [0.2, 0.25) is 5.02 Å². The Morgan fingerprint density at radius 1 is 1.17 bits per heavy atom. The van der Waals surface area contributed by atoms with Gasteiger partial charge in [0.1, 0.15) is 0 Å². The summed E-state index contributed by atoms with van der Waals surface area (Å²) in [5.41, 5.74) is 1.10. The number of hydrogen-bond donors (Lipinski definition) is 2. The minimum atomic E-state index is -0.537. The van der Waals surface area contributed by atoms with Crippen LogP contribution in [0, 0.1) is 0 Å². The van der Waals surface area contributed by atoms with Crippen LogP contribution in [0.1, 0.15) is 39.5 Å². The van der Waals surface area contributed by atoms with Gasteiger partial charge in [0.25, 0.3) is 5.91 Å². The second-order valence-corrected chi connectivity index (χ2v) is 8.67. The first-order valence-corrected chi connectivity index (χ1v) is 11.9. The zero-order valence-electron chi connectivity index (χ0n) is 19.2. The second-order valence-electron chi connectivity index (χ2n) is 7.32. The van der Waals surface area contributed by atoms with Gasteiger partial charge in [-0.2, -0.15) is 0 Å². The number of allylic oxidation sites excluding steroid dienone is 1. The van der Waals surface area contributed by atoms with E-state index >= 15 is 0 Å². The molecule has 2 aromatic carbocycles. The highest BCUT2D eigenvalue weighted by Crippen LogP contribution is 2.25. The Bertz CT molecular complexity index is 1230. The molecule has 0 spiro atoms. The molecular formula is C24H24ClN5O4S. The first-order chi connectivity index (χ1) is 16.8. The van der Waals surface area contributed by atoms with E-state index in [2.05, 4.69) is 27.4 Å². The van der Waals surface area contributed by atoms with E-state index in [0.717, 1.165) is 0 Å². The monoisotopic (exact) mass is 513 g/mol. The van der Waals surface area contributed by atoms with E-state index in [0.29, 0.717) is 28.8 Å². The summed E-state index contributed by atoms with van der Waals surface area (Å²) in [7, 11) is 1.27. The van der Waals surface area contributed by atoms with Crippen LogP contribution < -0.4 is 10.6 Å². The Labute approximate surface area is 211 Å². The van der Waals surface area contributed by atoms with Crippen LogP contribution in [0.25, 0.3) is 0 Å². The molecule has 0 fully saturated rings. The van der Waals surface area contributed by atoms with Crippen LogP contribution in [-0.2, 0) is 16.1 Å². The molecule has 3 aromatic rings. The maximum Gasteiger partial charge on any atom is 0.337 e. The fourth-order valence-electron chi connectivity index (χ4n) is 3.14. The lowest BCUT2D eigenvalue weighted by Gasteiger charge is -2.15. The maximum atomic E-state index is 12.6. The molecule has 3 rings (SSSR count). The average molecular weight is 514 g/mol. The largest absolute Gasteiger partial charge is 0.465 e. The lowest BCUT2D eigenvalue weighted by Crippen LogP contribution is -2.28. The van der Waals surface area contributed by atoms with E-state index in [1.54, 1.807) is 34.9 Å². The second kappa shape index (κ2) is 12.2. The number of rotatable bonds is 10. The van der Waals surface area contributed by atoms with E-state index in [9.17, 15) is 14.4 Å². The maximum absolute atomic E-state index is 12.6. The number of carbonyl (C=O) groups excluding carboxylic acids is 3. The van der Waals surface area contributed by atoms with Crippen LogP contribution in [0.3, 0.4) is 0 Å². The average Bonchev–Trinajstić information content (AvgIpc) is 3.27. The van der Waals surface area contributed by atoms with E-state index in [-0.39, 0.29) is 28.2 Å². The summed E-state index contributed by atoms with van der Waals surface area (Å²) in [5.74, 6) is -0.570. The van der Waals surface area contributed by atoms with Gasteiger partial charge in [0, 0.05) is 12.1 Å². The lowest BCUT2D eigenvalue weighted by atomic mass is 10.2. The van der Waals surface area contributed by atoms with E-state index < -0.39 is 12.0 Å². The third kappa shape index (κ3) is 6.71. The molecule has 0 saturated carbocycles. The summed E-state index contributed by atoms with van der Waals surface area (Å²) in [6, 6.07) is 12.9. The molecule has 0 aliphatic rings. The number of amides is 2. The molecular weight excluding hydrogens is 490 g/mol. The van der Waals surface area contributed by atoms with Gasteiger partial charge < -0.3 is 19.9 Å². The third-order valence-electron chi connectivity index (χ3n) is 4.82. The molecule has 2 amide bonds. The van der Waals surface area contributed by atoms with E-state index in [1.807, 2.05) is 13.0 Å². The summed E-state index contributed by atoms with van der Waals surface area (Å²) in [6.45, 7) is 5.97. The molecule has 0 aliphatic carbocycles. The Balaban J connectivity index is 1.67. The van der Waals surface area contributed by atoms with Crippen molar-refractivity contribution in [2.24, 2.45) is 0 Å². The van der Waals surface area contributed by atoms with Crippen molar-refractivity contribution in [3.8, 4) is 0 Å². The van der Waals surface area contributed by atoms with Gasteiger partial charge in [-0.25, -0.2) is 4.79 Å². The smallest absolute Gasteiger partial charge is 0.337 e. The van der Waals surface area contributed by atoms with Crippen molar-refractivity contribution < 1.29 is 19.1 Å². The number of methoxy groups -OCH3 is 1. The Morgan fingerprint density at radius 2 is 1.91 bits per heavy atom. The third-order valence-corrected chi connectivity index (χ3v) is 6.12. The normalized spacial score (nSPS) is 11.4. The quantitative estimate of drug-likeness (QED) is 0.238. The molecule has 1 atom stereocenters. The van der Waals surface area contributed by atoms with Crippen LogP contribution >= 0.6 is 23.4 Å². The molecule has 1 aromatic heterocycles. The van der Waals surface area contributed by atoms with Crippen molar-refractivity contribution in [1.29, 1.82) is 0 Å². The molecule has 11 heteroatoms. The van der Waals surface area contributed by atoms with Crippen LogP contribution in [0.15, 0.2) is 66.3 Å². The van der Waals surface area contributed by atoms with E-state index in [1.165, 1.54) is 37.1 Å². The minimum absolute atomic E-state index is 0.0127. The predicted octanol–water partition coefficient (Wildman–Crippen LogP) is 4.13. The summed E-state index contributed by atoms with van der Waals surface area (Å²) >= 11 is 7.32. The first-order valence-electron chi connectivity index (χ1n) is 10.5. The molecule has 0 bridgehead atoms. The van der Waals surface area contributed by atoms with Crippen LogP contribution in [-0.4, -0.2) is 45.4 Å². The van der Waals surface area contributed by atoms with Crippen molar-refractivity contribution in [3.05, 3.63) is 83.2 Å². The van der Waals surface area contributed by atoms with Crippen molar-refractivity contribution >= 4 is 46.8 Å². The fraction of sp³-hybridized carbons (Fsp3) is 0.208. The van der Waals surface area contributed by atoms with Gasteiger partial charge in [0.2, 0.25) is 5.91 Å². The predicted molar refractivity (Wildman–Crippen MR) is 135 cm³/mol. The highest BCUT2D eigenvalue weighted by atomic mass is 35.5. The minimum Gasteiger partial charge on any atom is -0.465 e. The number of aromatic nitrogens is 3. The standard InChI is InChI=1S/C24H24ClN5O4S/c1-4-12-30-21(15(2)26-22(32)16-8-6-5-7-9-16)28-29-24(30)35-14-20(31)27-19-13-17(23(33)34-3)10-11-18(19)25/h4-11,13,15H,1,12,14H2,2-3H3,(H,26,32)(H,27,31). The number of benzene rings is 2. The fourth-order valence-corrected chi connectivity index (χ4v) is 4.06. The number of hydrogen-bond acceptors (Lipinski definition) is 7. The van der Waals surface area contributed by atoms with Crippen LogP contribution in [0.4, 0.5) is 5.69 Å². The number of thioether (sulfide) groups is 1. The number of nitrogens with one attached hydrogen (secondary N) is 2. The molecule has 0 saturated heterocycles. The molecule has 1 heterocycles. The Hall–Kier alpha value is -3.63. The SMILES string of the molecule is C=CCn1c(SCC(=O)Nc2cc(C(=O)OC)ccc2Cl)nnc1C(C)NC(=O)c1ccccc1. The Morgan fingerprint density at radius 3 is 2.60 bits per heavy atom. The summed E-state index contributed by atoms with van der Waals surface area (Å²) in [6.07, 6.45) is 1.68. The summed E-state index contributed by atoms with van der Waals surface area (Å²) < 4.78 is 6.48. The van der Waals surface area contributed by atoms with Crippen molar-refractivity contribution in [2.75, 3.05) is 18.2 Å². The first kappa shape index (κ1) is 26.0. The zero-order valence-corrected chi connectivity index (χ0v) is 20.7. The van der Waals surface area contributed by atoms with Gasteiger partial charge >= 0.3 is 5.97 Å². The Kier molecular flexibility index (Phi) is 9.04. The van der Waals surface area contributed by atoms with Gasteiger partial charge in [0.15, 0.2) is 11.0 Å². The number of halogens is 1. The summed E-state index contributed by atoms with van der Waals surface area (Å²) in [5, 5.41) is 14.8. The highest BCUT2D eigenvalue weighted by Gasteiger charge is 2.21. The van der Waals surface area contributed by atoms with Gasteiger partial charge in [0.05, 0.1) is 35.2 Å². The zero-order chi connectivity index (χ0) is 25.4. The van der Waals surface area contributed by atoms with E-state index in [4.69, 9.17) is 16.3 Å². The van der Waals surface area contributed by atoms with Gasteiger partial charge in [-0.05, 0) is 37.3 Å². The number of nitrogens with zero attached hydrogens (tertiary/aromatic N) is 3. The number of esters is 1. The van der Waals surface area contributed by atoms with Gasteiger partial charge in [-0.1, -0.05) is 47.6 Å². The van der Waals surface area contributed by atoms with Crippen molar-refractivity contribution in [2.45, 2.75) is 24.7 Å².